The lowest BCUT2D eigenvalue weighted by Crippen LogP contribution is -2.45. The largest absolute Gasteiger partial charge is 0.355 e. The molecule has 6 rings (SSSR count). The van der Waals surface area contributed by atoms with E-state index < -0.39 is 0 Å². The molecule has 2 aliphatic rings. The Kier molecular flexibility index (Phi) is 6.19. The summed E-state index contributed by atoms with van der Waals surface area (Å²) in [6.45, 7) is 5.90. The molecule has 0 radical (unpaired) electrons. The summed E-state index contributed by atoms with van der Waals surface area (Å²) in [6.07, 6.45) is 11.4. The van der Waals surface area contributed by atoms with Gasteiger partial charge in [0, 0.05) is 64.1 Å². The Bertz CT molecular complexity index is 1280. The first-order valence-electron chi connectivity index (χ1n) is 12.7. The lowest BCUT2D eigenvalue weighted by molar-refractivity contribution is 0.155. The van der Waals surface area contributed by atoms with Gasteiger partial charge < -0.3 is 9.80 Å². The normalized spacial score (nSPS) is 18.8. The zero-order chi connectivity index (χ0) is 23.6. The highest BCUT2D eigenvalue weighted by Crippen LogP contribution is 2.35. The van der Waals surface area contributed by atoms with E-state index in [0.29, 0.717) is 0 Å². The lowest BCUT2D eigenvalue weighted by atomic mass is 9.90. The highest BCUT2D eigenvalue weighted by atomic mass is 15.3. The summed E-state index contributed by atoms with van der Waals surface area (Å²) in [4.78, 5) is 21.5. The van der Waals surface area contributed by atoms with Crippen LogP contribution in [0.2, 0.25) is 0 Å². The number of hydrogen-bond donors (Lipinski definition) is 0. The van der Waals surface area contributed by atoms with Gasteiger partial charge in [0.15, 0.2) is 0 Å². The number of hydrogen-bond acceptors (Lipinski definition) is 6. The molecule has 7 nitrogen and oxygen atoms in total. The molecule has 1 aliphatic carbocycles. The molecule has 7 heteroatoms. The highest BCUT2D eigenvalue weighted by molar-refractivity contribution is 5.53. The van der Waals surface area contributed by atoms with Crippen LogP contribution >= 0.6 is 0 Å². The van der Waals surface area contributed by atoms with E-state index in [4.69, 9.17) is 9.97 Å². The topological polar surface area (TPSA) is 52.8 Å². The fraction of sp³-hybridized carbons (Fsp3) is 0.393. The van der Waals surface area contributed by atoms with Gasteiger partial charge in [-0.1, -0.05) is 12.1 Å². The van der Waals surface area contributed by atoms with E-state index in [0.717, 1.165) is 63.5 Å². The molecule has 0 unspecified atom stereocenters. The van der Waals surface area contributed by atoms with Crippen molar-refractivity contribution < 1.29 is 0 Å². The van der Waals surface area contributed by atoms with Gasteiger partial charge in [0.25, 0.3) is 0 Å². The van der Waals surface area contributed by atoms with Gasteiger partial charge in [-0.05, 0) is 67.8 Å². The Morgan fingerprint density at radius 3 is 2.66 bits per heavy atom. The number of piperazine rings is 1. The molecule has 0 amide bonds. The second-order valence-electron chi connectivity index (χ2n) is 9.85. The van der Waals surface area contributed by atoms with E-state index in [1.54, 1.807) is 0 Å². The fourth-order valence-corrected chi connectivity index (χ4v) is 5.56. The van der Waals surface area contributed by atoms with Crippen LogP contribution < -0.4 is 4.90 Å². The van der Waals surface area contributed by atoms with Gasteiger partial charge in [0.2, 0.25) is 0 Å². The first-order chi connectivity index (χ1) is 17.2. The molecule has 5 heterocycles. The summed E-state index contributed by atoms with van der Waals surface area (Å²) in [5.41, 5.74) is 6.00. The van der Waals surface area contributed by atoms with Crippen LogP contribution in [-0.2, 0) is 19.5 Å². The molecule has 4 aromatic rings. The molecular formula is C28H33N7. The zero-order valence-electron chi connectivity index (χ0n) is 20.4. The molecule has 0 aromatic carbocycles. The Morgan fingerprint density at radius 2 is 1.80 bits per heavy atom. The minimum Gasteiger partial charge on any atom is -0.355 e. The smallest absolute Gasteiger partial charge is 0.138 e. The molecule has 1 saturated heterocycles. The third-order valence-electron chi connectivity index (χ3n) is 7.45. The number of aromatic nitrogens is 4. The summed E-state index contributed by atoms with van der Waals surface area (Å²) < 4.78 is 2.28. The summed E-state index contributed by atoms with van der Waals surface area (Å²) >= 11 is 0. The van der Waals surface area contributed by atoms with Crippen molar-refractivity contribution in [3.8, 4) is 0 Å². The van der Waals surface area contributed by atoms with Crippen LogP contribution in [0, 0.1) is 0 Å². The molecule has 180 valence electrons. The molecule has 1 aliphatic heterocycles. The van der Waals surface area contributed by atoms with Gasteiger partial charge in [-0.3, -0.25) is 19.3 Å². The number of imidazole rings is 1. The third kappa shape index (κ3) is 4.66. The molecule has 4 aromatic heterocycles. The van der Waals surface area contributed by atoms with Crippen LogP contribution in [0.25, 0.3) is 5.65 Å². The van der Waals surface area contributed by atoms with E-state index in [-0.39, 0.29) is 6.04 Å². The molecule has 1 atom stereocenters. The van der Waals surface area contributed by atoms with E-state index >= 15 is 0 Å². The van der Waals surface area contributed by atoms with E-state index in [1.807, 2.05) is 18.6 Å². The van der Waals surface area contributed by atoms with Gasteiger partial charge in [-0.15, -0.1) is 0 Å². The average molecular weight is 468 g/mol. The minimum absolute atomic E-state index is 0.287. The average Bonchev–Trinajstić information content (AvgIpc) is 3.32. The number of pyridine rings is 3. The van der Waals surface area contributed by atoms with Gasteiger partial charge in [-0.2, -0.15) is 0 Å². The molecule has 1 fully saturated rings. The van der Waals surface area contributed by atoms with Gasteiger partial charge in [-0.25, -0.2) is 4.98 Å². The maximum absolute atomic E-state index is 5.07. The van der Waals surface area contributed by atoms with Crippen molar-refractivity contribution in [2.75, 3.05) is 38.1 Å². The first kappa shape index (κ1) is 22.2. The summed E-state index contributed by atoms with van der Waals surface area (Å²) in [6, 6.07) is 15.3. The van der Waals surface area contributed by atoms with E-state index in [1.165, 1.54) is 29.1 Å². The number of fused-ring (bicyclic) bond motifs is 2. The van der Waals surface area contributed by atoms with Gasteiger partial charge in [0.1, 0.15) is 11.5 Å². The van der Waals surface area contributed by atoms with Crippen molar-refractivity contribution in [3.05, 3.63) is 89.8 Å². The fourth-order valence-electron chi connectivity index (χ4n) is 5.56. The standard InChI is InChI=1S/C28H33N7/c1-32-15-17-33(18-16-32)27-9-3-8-26-31-24(21-35(26)27)20-34(19-22-10-13-29-14-11-22)25-7-2-5-23-6-4-12-30-28(23)25/h3-4,6,8-14,21,25H,2,5,7,15-20H2,1H3/t25-/m0/s1. The van der Waals surface area contributed by atoms with Crippen molar-refractivity contribution >= 4 is 11.5 Å². The first-order valence-corrected chi connectivity index (χ1v) is 12.7. The number of aryl methyl sites for hydroxylation is 1. The van der Waals surface area contributed by atoms with Gasteiger partial charge in [0.05, 0.1) is 17.4 Å². The second kappa shape index (κ2) is 9.76. The number of likely N-dealkylation sites (N-methyl/N-ethyl adjacent to an activating group) is 1. The summed E-state index contributed by atoms with van der Waals surface area (Å²) in [7, 11) is 2.20. The molecule has 0 spiro atoms. The number of anilines is 1. The van der Waals surface area contributed by atoms with Crippen LogP contribution in [0.1, 0.15) is 41.4 Å². The van der Waals surface area contributed by atoms with E-state index in [9.17, 15) is 0 Å². The van der Waals surface area contributed by atoms with E-state index in [2.05, 4.69) is 79.8 Å². The monoisotopic (exact) mass is 467 g/mol. The van der Waals surface area contributed by atoms with Crippen LogP contribution in [0.4, 0.5) is 5.82 Å². The summed E-state index contributed by atoms with van der Waals surface area (Å²) in [5.74, 6) is 1.24. The lowest BCUT2D eigenvalue weighted by Gasteiger charge is -2.34. The zero-order valence-corrected chi connectivity index (χ0v) is 20.4. The number of rotatable bonds is 6. The molecule has 0 bridgehead atoms. The molecule has 0 saturated carbocycles. The second-order valence-corrected chi connectivity index (χ2v) is 9.85. The highest BCUT2D eigenvalue weighted by Gasteiger charge is 2.28. The quantitative estimate of drug-likeness (QED) is 0.428. The van der Waals surface area contributed by atoms with Crippen molar-refractivity contribution in [2.45, 2.75) is 38.4 Å². The molecular weight excluding hydrogens is 434 g/mol. The van der Waals surface area contributed by atoms with Crippen LogP contribution in [0.15, 0.2) is 67.3 Å². The SMILES string of the molecule is CN1CCN(c2cccc3nc(CN(Cc4ccncc4)[C@H]4CCCc5cccnc54)cn23)CC1. The maximum atomic E-state index is 5.07. The summed E-state index contributed by atoms with van der Waals surface area (Å²) in [5, 5.41) is 0. The third-order valence-corrected chi connectivity index (χ3v) is 7.45. The predicted octanol–water partition coefficient (Wildman–Crippen LogP) is 3.96. The Labute approximate surface area is 207 Å². The van der Waals surface area contributed by atoms with Crippen LogP contribution in [-0.4, -0.2) is 62.4 Å². The minimum atomic E-state index is 0.287. The van der Waals surface area contributed by atoms with Crippen LogP contribution in [0.3, 0.4) is 0 Å². The van der Waals surface area contributed by atoms with Crippen LogP contribution in [0.5, 0.6) is 0 Å². The van der Waals surface area contributed by atoms with Crippen molar-refractivity contribution in [1.29, 1.82) is 0 Å². The van der Waals surface area contributed by atoms with Crippen molar-refractivity contribution in [1.82, 2.24) is 29.2 Å². The Morgan fingerprint density at radius 1 is 0.943 bits per heavy atom. The Balaban J connectivity index is 1.32. The van der Waals surface area contributed by atoms with Crippen molar-refractivity contribution in [2.24, 2.45) is 0 Å². The number of nitrogens with zero attached hydrogens (tertiary/aromatic N) is 7. The van der Waals surface area contributed by atoms with Crippen molar-refractivity contribution in [3.63, 3.8) is 0 Å². The molecule has 0 N–H and O–H groups in total. The Hall–Kier alpha value is -3.29. The predicted molar refractivity (Wildman–Crippen MR) is 138 cm³/mol. The van der Waals surface area contributed by atoms with Gasteiger partial charge >= 0.3 is 0 Å². The maximum Gasteiger partial charge on any atom is 0.138 e. The molecule has 35 heavy (non-hydrogen) atoms.